The Morgan fingerprint density at radius 2 is 1.70 bits per heavy atom. The van der Waals surface area contributed by atoms with Gasteiger partial charge < -0.3 is 4.74 Å². The SMILES string of the molecule is CCOC(=O)[C@H]([C@H](C)CC)N(Cc1ccccc1)S(=O)(=O)c1ccc([N+](=O)[O-])cc1. The summed E-state index contributed by atoms with van der Waals surface area (Å²) in [5, 5.41) is 10.9. The molecular weight excluding hydrogens is 408 g/mol. The van der Waals surface area contributed by atoms with Gasteiger partial charge in [-0.3, -0.25) is 14.9 Å². The van der Waals surface area contributed by atoms with Crippen LogP contribution >= 0.6 is 0 Å². The third kappa shape index (κ3) is 5.43. The van der Waals surface area contributed by atoms with E-state index in [9.17, 15) is 23.3 Å². The van der Waals surface area contributed by atoms with E-state index in [1.54, 1.807) is 38.1 Å². The standard InChI is InChI=1S/C21H26N2O6S/c1-4-16(3)20(21(24)29-5-2)22(15-17-9-7-6-8-10-17)30(27,28)19-13-11-18(12-14-19)23(25)26/h6-14,16,20H,4-5,15H2,1-3H3/t16-,20+/m1/s1. The first-order valence-electron chi connectivity index (χ1n) is 9.69. The fraction of sp³-hybridized carbons (Fsp3) is 0.381. The number of benzene rings is 2. The monoisotopic (exact) mass is 434 g/mol. The number of non-ortho nitro benzene ring substituents is 1. The molecule has 2 aromatic rings. The van der Waals surface area contributed by atoms with Crippen LogP contribution < -0.4 is 0 Å². The quantitative estimate of drug-likeness (QED) is 0.320. The summed E-state index contributed by atoms with van der Waals surface area (Å²) >= 11 is 0. The second-order valence-electron chi connectivity index (χ2n) is 6.87. The van der Waals surface area contributed by atoms with Crippen LogP contribution in [0.15, 0.2) is 59.5 Å². The second kappa shape index (κ2) is 10.3. The zero-order valence-corrected chi connectivity index (χ0v) is 18.0. The van der Waals surface area contributed by atoms with Gasteiger partial charge in [0.05, 0.1) is 16.4 Å². The zero-order chi connectivity index (χ0) is 22.3. The highest BCUT2D eigenvalue weighted by Crippen LogP contribution is 2.28. The van der Waals surface area contributed by atoms with Crippen molar-refractivity contribution in [3.63, 3.8) is 0 Å². The summed E-state index contributed by atoms with van der Waals surface area (Å²) < 4.78 is 33.4. The van der Waals surface area contributed by atoms with Gasteiger partial charge in [0.2, 0.25) is 10.0 Å². The summed E-state index contributed by atoms with van der Waals surface area (Å²) in [6, 6.07) is 12.5. The largest absolute Gasteiger partial charge is 0.465 e. The smallest absolute Gasteiger partial charge is 0.324 e. The van der Waals surface area contributed by atoms with Crippen molar-refractivity contribution in [3.05, 3.63) is 70.3 Å². The molecule has 0 aliphatic heterocycles. The third-order valence-corrected chi connectivity index (χ3v) is 6.70. The predicted octanol–water partition coefficient (Wildman–Crippen LogP) is 3.76. The molecule has 9 heteroatoms. The second-order valence-corrected chi connectivity index (χ2v) is 8.76. The van der Waals surface area contributed by atoms with E-state index in [2.05, 4.69) is 0 Å². The van der Waals surface area contributed by atoms with Crippen LogP contribution in [-0.2, 0) is 26.1 Å². The molecule has 0 aliphatic carbocycles. The van der Waals surface area contributed by atoms with Crippen molar-refractivity contribution in [3.8, 4) is 0 Å². The number of ether oxygens (including phenoxy) is 1. The van der Waals surface area contributed by atoms with Crippen molar-refractivity contribution >= 4 is 21.7 Å². The van der Waals surface area contributed by atoms with E-state index in [-0.39, 0.29) is 29.7 Å². The van der Waals surface area contributed by atoms with Crippen LogP contribution in [0.3, 0.4) is 0 Å². The summed E-state index contributed by atoms with van der Waals surface area (Å²) in [5.41, 5.74) is 0.494. The Hall–Kier alpha value is -2.78. The molecule has 30 heavy (non-hydrogen) atoms. The van der Waals surface area contributed by atoms with Crippen LogP contribution in [0.5, 0.6) is 0 Å². The van der Waals surface area contributed by atoms with Crippen molar-refractivity contribution in [2.45, 2.75) is 44.7 Å². The summed E-state index contributed by atoms with van der Waals surface area (Å²) in [7, 11) is -4.15. The topological polar surface area (TPSA) is 107 Å². The number of hydrogen-bond donors (Lipinski definition) is 0. The van der Waals surface area contributed by atoms with E-state index in [4.69, 9.17) is 4.74 Å². The molecule has 0 unspecified atom stereocenters. The lowest BCUT2D eigenvalue weighted by atomic mass is 9.99. The normalized spacial score (nSPS) is 13.6. The van der Waals surface area contributed by atoms with Crippen LogP contribution in [-0.4, -0.2) is 36.3 Å². The van der Waals surface area contributed by atoms with E-state index in [0.717, 1.165) is 16.4 Å². The van der Waals surface area contributed by atoms with Crippen LogP contribution in [0, 0.1) is 16.0 Å². The molecule has 0 fully saturated rings. The molecular formula is C21H26N2O6S. The van der Waals surface area contributed by atoms with Gasteiger partial charge in [-0.1, -0.05) is 50.6 Å². The van der Waals surface area contributed by atoms with Crippen LogP contribution in [0.2, 0.25) is 0 Å². The molecule has 0 saturated heterocycles. The van der Waals surface area contributed by atoms with Crippen molar-refractivity contribution in [2.75, 3.05) is 6.61 Å². The number of carbonyl (C=O) groups is 1. The Labute approximate surface area is 176 Å². The Kier molecular flexibility index (Phi) is 8.08. The maximum Gasteiger partial charge on any atom is 0.324 e. The van der Waals surface area contributed by atoms with Crippen molar-refractivity contribution in [1.82, 2.24) is 4.31 Å². The maximum atomic E-state index is 13.5. The van der Waals surface area contributed by atoms with Crippen LogP contribution in [0.25, 0.3) is 0 Å². The Morgan fingerprint density at radius 3 is 2.20 bits per heavy atom. The average molecular weight is 435 g/mol. The minimum Gasteiger partial charge on any atom is -0.465 e. The predicted molar refractivity (Wildman–Crippen MR) is 112 cm³/mol. The maximum absolute atomic E-state index is 13.5. The first-order valence-corrected chi connectivity index (χ1v) is 11.1. The molecule has 2 aromatic carbocycles. The highest BCUT2D eigenvalue weighted by molar-refractivity contribution is 7.89. The molecule has 162 valence electrons. The molecule has 0 bridgehead atoms. The number of nitro benzene ring substituents is 1. The summed E-state index contributed by atoms with van der Waals surface area (Å²) in [6.07, 6.45) is 0.560. The molecule has 0 spiro atoms. The zero-order valence-electron chi connectivity index (χ0n) is 17.2. The lowest BCUT2D eigenvalue weighted by molar-refractivity contribution is -0.384. The van der Waals surface area contributed by atoms with Gasteiger partial charge in [-0.25, -0.2) is 8.42 Å². The number of sulfonamides is 1. The van der Waals surface area contributed by atoms with Gasteiger partial charge in [0, 0.05) is 18.7 Å². The lowest BCUT2D eigenvalue weighted by Gasteiger charge is -2.33. The van der Waals surface area contributed by atoms with Crippen molar-refractivity contribution in [1.29, 1.82) is 0 Å². The molecule has 8 nitrogen and oxygen atoms in total. The first kappa shape index (κ1) is 23.5. The Morgan fingerprint density at radius 1 is 1.10 bits per heavy atom. The number of esters is 1. The summed E-state index contributed by atoms with van der Waals surface area (Å²) in [5.74, 6) is -0.922. The molecule has 0 radical (unpaired) electrons. The molecule has 0 heterocycles. The van der Waals surface area contributed by atoms with E-state index >= 15 is 0 Å². The lowest BCUT2D eigenvalue weighted by Crippen LogP contribution is -2.48. The van der Waals surface area contributed by atoms with Gasteiger partial charge in [0.15, 0.2) is 0 Å². The molecule has 2 atom stereocenters. The van der Waals surface area contributed by atoms with Gasteiger partial charge in [0.25, 0.3) is 5.69 Å². The van der Waals surface area contributed by atoms with Gasteiger partial charge in [-0.2, -0.15) is 4.31 Å². The molecule has 0 N–H and O–H groups in total. The Balaban J connectivity index is 2.57. The Bertz CT molecular complexity index is 961. The van der Waals surface area contributed by atoms with E-state index in [0.29, 0.717) is 12.0 Å². The highest BCUT2D eigenvalue weighted by Gasteiger charge is 2.39. The van der Waals surface area contributed by atoms with E-state index < -0.39 is 27.0 Å². The summed E-state index contributed by atoms with van der Waals surface area (Å²) in [4.78, 5) is 23.0. The number of nitro groups is 1. The fourth-order valence-electron chi connectivity index (χ4n) is 3.06. The highest BCUT2D eigenvalue weighted by atomic mass is 32.2. The van der Waals surface area contributed by atoms with Crippen LogP contribution in [0.1, 0.15) is 32.8 Å². The van der Waals surface area contributed by atoms with Crippen molar-refractivity contribution < 1.29 is 22.9 Å². The third-order valence-electron chi connectivity index (χ3n) is 4.86. The minimum absolute atomic E-state index is 0.0337. The number of hydrogen-bond acceptors (Lipinski definition) is 6. The summed E-state index contributed by atoms with van der Waals surface area (Å²) in [6.45, 7) is 5.43. The van der Waals surface area contributed by atoms with Gasteiger partial charge in [-0.15, -0.1) is 0 Å². The minimum atomic E-state index is -4.15. The number of rotatable bonds is 10. The molecule has 2 rings (SSSR count). The van der Waals surface area contributed by atoms with Gasteiger partial charge in [0.1, 0.15) is 6.04 Å². The van der Waals surface area contributed by atoms with Gasteiger partial charge in [-0.05, 0) is 30.5 Å². The van der Waals surface area contributed by atoms with Crippen LogP contribution in [0.4, 0.5) is 5.69 Å². The molecule has 0 aromatic heterocycles. The van der Waals surface area contributed by atoms with E-state index in [1.807, 2.05) is 13.0 Å². The van der Waals surface area contributed by atoms with Gasteiger partial charge >= 0.3 is 5.97 Å². The molecule has 0 aliphatic rings. The molecule has 0 amide bonds. The average Bonchev–Trinajstić information content (AvgIpc) is 2.74. The van der Waals surface area contributed by atoms with Crippen molar-refractivity contribution in [2.24, 2.45) is 5.92 Å². The first-order chi connectivity index (χ1) is 14.2. The number of carbonyl (C=O) groups excluding carboxylic acids is 1. The fourth-order valence-corrected chi connectivity index (χ4v) is 4.72. The van der Waals surface area contributed by atoms with E-state index in [1.165, 1.54) is 12.1 Å². The molecule has 0 saturated carbocycles. The number of nitrogens with zero attached hydrogens (tertiary/aromatic N) is 2.